The van der Waals surface area contributed by atoms with Crippen molar-refractivity contribution in [3.05, 3.63) is 76.3 Å². The number of amidine groups is 1. The minimum atomic E-state index is -4.17. The first-order valence-corrected chi connectivity index (χ1v) is 18.1. The molecule has 49 heavy (non-hydrogen) atoms. The Hall–Kier alpha value is -4.78. The van der Waals surface area contributed by atoms with E-state index in [2.05, 4.69) is 22.0 Å². The van der Waals surface area contributed by atoms with Crippen LogP contribution in [0.25, 0.3) is 11.1 Å². The van der Waals surface area contributed by atoms with Crippen LogP contribution in [-0.4, -0.2) is 53.9 Å². The van der Waals surface area contributed by atoms with Crippen molar-refractivity contribution < 1.29 is 27.1 Å². The highest BCUT2D eigenvalue weighted by Crippen LogP contribution is 2.41. The van der Waals surface area contributed by atoms with Gasteiger partial charge < -0.3 is 13.9 Å². The molecule has 2 aliphatic rings. The first-order valence-electron chi connectivity index (χ1n) is 16.7. The van der Waals surface area contributed by atoms with E-state index in [-0.39, 0.29) is 29.1 Å². The van der Waals surface area contributed by atoms with E-state index in [4.69, 9.17) is 14.0 Å². The lowest BCUT2D eigenvalue weighted by atomic mass is 9.97. The summed E-state index contributed by atoms with van der Waals surface area (Å²) in [5.74, 6) is 0.873. The third-order valence-corrected chi connectivity index (χ3v) is 11.0. The predicted octanol–water partition coefficient (Wildman–Crippen LogP) is 6.88. The predicted molar refractivity (Wildman–Crippen MR) is 186 cm³/mol. The number of hydrogen-bond acceptors (Lipinski definition) is 9. The van der Waals surface area contributed by atoms with Crippen LogP contribution < -0.4 is 9.62 Å². The van der Waals surface area contributed by atoms with Crippen LogP contribution in [0.2, 0.25) is 0 Å². The zero-order valence-electron chi connectivity index (χ0n) is 28.8. The van der Waals surface area contributed by atoms with Gasteiger partial charge in [0.25, 0.3) is 21.8 Å². The van der Waals surface area contributed by atoms with Gasteiger partial charge in [0.2, 0.25) is 5.88 Å². The average Bonchev–Trinajstić information content (AvgIpc) is 3.84. The lowest BCUT2D eigenvalue weighted by Crippen LogP contribution is -2.40. The highest BCUT2D eigenvalue weighted by atomic mass is 32.2. The van der Waals surface area contributed by atoms with Crippen LogP contribution >= 0.6 is 0 Å². The number of sulfonamides is 1. The second-order valence-corrected chi connectivity index (χ2v) is 14.7. The van der Waals surface area contributed by atoms with Gasteiger partial charge in [-0.25, -0.2) is 13.1 Å². The second-order valence-electron chi connectivity index (χ2n) is 13.0. The molecule has 6 rings (SSSR count). The maximum atomic E-state index is 14.0. The fourth-order valence-electron chi connectivity index (χ4n) is 6.74. The third kappa shape index (κ3) is 6.27. The molecule has 2 amide bonds. The highest BCUT2D eigenvalue weighted by molar-refractivity contribution is 7.92. The Morgan fingerprint density at radius 3 is 2.37 bits per heavy atom. The molecule has 1 spiro atoms. The van der Waals surface area contributed by atoms with E-state index < -0.39 is 15.6 Å². The van der Waals surface area contributed by atoms with Crippen molar-refractivity contribution in [3.8, 4) is 11.1 Å². The van der Waals surface area contributed by atoms with Gasteiger partial charge in [0, 0.05) is 30.2 Å². The summed E-state index contributed by atoms with van der Waals surface area (Å²) in [6, 6.07) is 12.1. The zero-order chi connectivity index (χ0) is 35.1. The number of unbranched alkanes of at least 4 members (excludes halogenated alkanes) is 1. The zero-order valence-corrected chi connectivity index (χ0v) is 29.6. The molecule has 13 heteroatoms. The van der Waals surface area contributed by atoms with Crippen LogP contribution in [0.1, 0.15) is 90.5 Å². The molecule has 1 fully saturated rings. The number of nitrogens with zero attached hydrogens (tertiary/aromatic N) is 5. The minimum Gasteiger partial charge on any atom is -0.361 e. The van der Waals surface area contributed by atoms with Gasteiger partial charge in [-0.3, -0.25) is 19.5 Å². The lowest BCUT2D eigenvalue weighted by molar-refractivity contribution is -0.131. The smallest absolute Gasteiger partial charge is 0.264 e. The lowest BCUT2D eigenvalue weighted by Gasteiger charge is -2.25. The largest absolute Gasteiger partial charge is 0.361 e. The monoisotopic (exact) mass is 686 g/mol. The van der Waals surface area contributed by atoms with Crippen LogP contribution in [0.15, 0.2) is 61.4 Å². The number of nitrogens with one attached hydrogen (secondary N) is 1. The summed E-state index contributed by atoms with van der Waals surface area (Å²) in [4.78, 5) is 36.3. The molecule has 1 aliphatic carbocycles. The van der Waals surface area contributed by atoms with Gasteiger partial charge >= 0.3 is 0 Å². The van der Waals surface area contributed by atoms with Gasteiger partial charge in [-0.1, -0.05) is 66.8 Å². The molecule has 0 radical (unpaired) electrons. The maximum Gasteiger partial charge on any atom is 0.264 e. The van der Waals surface area contributed by atoms with Gasteiger partial charge in [-0.05, 0) is 64.7 Å². The normalized spacial score (nSPS) is 15.7. The number of aryl methyl sites for hydroxylation is 3. The molecule has 1 saturated carbocycles. The molecule has 0 unspecified atom stereocenters. The summed E-state index contributed by atoms with van der Waals surface area (Å²) >= 11 is 0. The molecule has 0 saturated heterocycles. The molecule has 3 heterocycles. The van der Waals surface area contributed by atoms with E-state index >= 15 is 0 Å². The number of carbonyl (C=O) groups is 2. The molecular formula is C36H42N6O6S. The number of aromatic nitrogens is 2. The number of rotatable bonds is 11. The van der Waals surface area contributed by atoms with Crippen LogP contribution in [0.3, 0.4) is 0 Å². The van der Waals surface area contributed by atoms with Gasteiger partial charge in [0.1, 0.15) is 22.7 Å². The van der Waals surface area contributed by atoms with Crippen LogP contribution in [0.4, 0.5) is 11.6 Å². The number of anilines is 2. The number of aliphatic imine (C=N–C) groups is 1. The Bertz CT molecular complexity index is 2040. The van der Waals surface area contributed by atoms with Gasteiger partial charge in [0.05, 0.1) is 28.5 Å². The van der Waals surface area contributed by atoms with Gasteiger partial charge in [-0.15, -0.1) is 0 Å². The van der Waals surface area contributed by atoms with E-state index in [9.17, 15) is 18.0 Å². The van der Waals surface area contributed by atoms with E-state index in [1.54, 1.807) is 63.9 Å². The van der Waals surface area contributed by atoms with Crippen LogP contribution in [-0.2, 0) is 21.4 Å². The number of carbonyl (C=O) groups excluding carboxylic acids is 2. The van der Waals surface area contributed by atoms with Crippen molar-refractivity contribution in [2.24, 2.45) is 4.99 Å². The summed E-state index contributed by atoms with van der Waals surface area (Å²) in [6.45, 7) is 9.21. The molecule has 0 atom stereocenters. The Balaban J connectivity index is 1.44. The molecule has 258 valence electrons. The quantitative estimate of drug-likeness (QED) is 0.179. The van der Waals surface area contributed by atoms with Crippen molar-refractivity contribution in [2.75, 3.05) is 16.7 Å². The van der Waals surface area contributed by atoms with Crippen molar-refractivity contribution in [1.82, 2.24) is 15.2 Å². The minimum absolute atomic E-state index is 0.0116. The summed E-state index contributed by atoms with van der Waals surface area (Å²) in [5.41, 5.74) is 3.33. The standard InChI is InChI=1S/C36H42N6O6S/c1-7-8-15-31-37-36(18-11-12-19-36)35(44)42(31)21-26-16-17-27(29(20-26)41(6)34(43)32-24(4)39-47-25(32)5)28-13-9-10-14-30(28)49(45,46)40-33-22(2)23(3)38-48-33/h9-10,13-14,16-17,20,40H,7-8,11-12,15,18-19,21H2,1-6H3. The number of amides is 2. The Morgan fingerprint density at radius 2 is 1.71 bits per heavy atom. The number of hydrogen-bond donors (Lipinski definition) is 1. The second kappa shape index (κ2) is 13.3. The maximum absolute atomic E-state index is 14.0. The van der Waals surface area contributed by atoms with Crippen LogP contribution in [0, 0.1) is 27.7 Å². The van der Waals surface area contributed by atoms with E-state index in [1.807, 2.05) is 12.1 Å². The first-order chi connectivity index (χ1) is 23.4. The molecule has 1 aliphatic heterocycles. The van der Waals surface area contributed by atoms with Gasteiger partial charge in [0.15, 0.2) is 0 Å². The van der Waals surface area contributed by atoms with Gasteiger partial charge in [-0.2, -0.15) is 0 Å². The SMILES string of the molecule is CCCCC1=NC2(CCCC2)C(=O)N1Cc1ccc(-c2ccccc2S(=O)(=O)Nc2onc(C)c2C)c(N(C)C(=O)c2c(C)noc2C)c1. The third-order valence-electron chi connectivity index (χ3n) is 9.65. The van der Waals surface area contributed by atoms with Crippen molar-refractivity contribution in [1.29, 1.82) is 0 Å². The summed E-state index contributed by atoms with van der Waals surface area (Å²) < 4.78 is 40.8. The van der Waals surface area contributed by atoms with E-state index in [0.717, 1.165) is 49.9 Å². The average molecular weight is 687 g/mol. The Labute approximate surface area is 286 Å². The highest BCUT2D eigenvalue weighted by Gasteiger charge is 2.49. The van der Waals surface area contributed by atoms with Crippen LogP contribution in [0.5, 0.6) is 0 Å². The Kier molecular flexibility index (Phi) is 9.23. The fraction of sp³-hybridized carbons (Fsp3) is 0.417. The number of benzene rings is 2. The van der Waals surface area contributed by atoms with Crippen molar-refractivity contribution in [3.63, 3.8) is 0 Å². The van der Waals surface area contributed by atoms with Crippen molar-refractivity contribution >= 4 is 39.2 Å². The molecule has 4 aromatic rings. The topological polar surface area (TPSA) is 151 Å². The molecule has 0 bridgehead atoms. The summed E-state index contributed by atoms with van der Waals surface area (Å²) in [5, 5.41) is 7.85. The van der Waals surface area contributed by atoms with E-state index in [1.165, 1.54) is 11.0 Å². The molecule has 2 aromatic carbocycles. The molecule has 2 aromatic heterocycles. The summed E-state index contributed by atoms with van der Waals surface area (Å²) in [7, 11) is -2.53. The Morgan fingerprint density at radius 1 is 1.00 bits per heavy atom. The fourth-order valence-corrected chi connectivity index (χ4v) is 8.01. The molecular weight excluding hydrogens is 644 g/mol. The van der Waals surface area contributed by atoms with Crippen molar-refractivity contribution in [2.45, 2.75) is 96.5 Å². The molecule has 1 N–H and O–H groups in total. The van der Waals surface area contributed by atoms with E-state index in [0.29, 0.717) is 51.5 Å². The molecule has 12 nitrogen and oxygen atoms in total. The summed E-state index contributed by atoms with van der Waals surface area (Å²) in [6.07, 6.45) is 6.07. The first kappa shape index (κ1) is 34.1.